The lowest BCUT2D eigenvalue weighted by Gasteiger charge is -2.33. The number of ketones is 1. The first-order valence-electron chi connectivity index (χ1n) is 9.59. The summed E-state index contributed by atoms with van der Waals surface area (Å²) in [5, 5.41) is 10.1. The van der Waals surface area contributed by atoms with Crippen LogP contribution in [0.3, 0.4) is 0 Å². The van der Waals surface area contributed by atoms with E-state index in [-0.39, 0.29) is 10.8 Å². The predicted octanol–water partition coefficient (Wildman–Crippen LogP) is 1.74. The molecule has 0 bridgehead atoms. The summed E-state index contributed by atoms with van der Waals surface area (Å²) < 4.78 is 33.4. The van der Waals surface area contributed by atoms with E-state index in [1.807, 2.05) is 32.0 Å². The highest BCUT2D eigenvalue weighted by molar-refractivity contribution is 7.89. The molecule has 3 atom stereocenters. The topological polar surface area (TPSA) is 145 Å². The van der Waals surface area contributed by atoms with Gasteiger partial charge in [-0.1, -0.05) is 32.0 Å². The van der Waals surface area contributed by atoms with Crippen molar-refractivity contribution in [2.75, 3.05) is 0 Å². The minimum Gasteiger partial charge on any atom is -0.457 e. The second-order valence-corrected chi connectivity index (χ2v) is 9.32. The number of aliphatic hydroxyl groups is 1. The van der Waals surface area contributed by atoms with Crippen LogP contribution < -0.4 is 20.9 Å². The quantitative estimate of drug-likeness (QED) is 0.416. The summed E-state index contributed by atoms with van der Waals surface area (Å²) in [6.07, 6.45) is -1.20. The molecule has 0 aliphatic rings. The number of aliphatic hydroxyl groups excluding tert-OH is 1. The standard InChI is InChI=1S/C21H29N3O5S/c1-14(2)13-19(22)20(26)21(23,15(3)25)24-30(27,28)18-11-9-17(10-12-18)29-16-7-5-4-6-8-16/h4-12,14-15,19,24-25H,13,22-23H2,1-3H3/t15?,19-,21?/m0/s1. The van der Waals surface area contributed by atoms with Gasteiger partial charge in [-0.15, -0.1) is 0 Å². The largest absolute Gasteiger partial charge is 0.457 e. The van der Waals surface area contributed by atoms with Crippen LogP contribution in [0.4, 0.5) is 0 Å². The Morgan fingerprint density at radius 3 is 2.10 bits per heavy atom. The number of carbonyl (C=O) groups excluding carboxylic acids is 1. The summed E-state index contributed by atoms with van der Waals surface area (Å²) >= 11 is 0. The molecule has 164 valence electrons. The number of carbonyl (C=O) groups is 1. The third kappa shape index (κ3) is 5.87. The fraction of sp³-hybridized carbons (Fsp3) is 0.381. The summed E-state index contributed by atoms with van der Waals surface area (Å²) in [5.74, 6) is 0.352. The van der Waals surface area contributed by atoms with Gasteiger partial charge in [-0.3, -0.25) is 4.79 Å². The van der Waals surface area contributed by atoms with Crippen molar-refractivity contribution in [1.82, 2.24) is 4.72 Å². The fourth-order valence-electron chi connectivity index (χ4n) is 2.86. The molecule has 0 amide bonds. The molecule has 0 aliphatic heterocycles. The molecule has 0 saturated heterocycles. The number of Topliss-reactive ketones (excluding diaryl/α,β-unsaturated/α-hetero) is 1. The van der Waals surface area contributed by atoms with Gasteiger partial charge in [0.15, 0.2) is 11.4 Å². The first kappa shape index (κ1) is 24.0. The van der Waals surface area contributed by atoms with Gasteiger partial charge in [-0.2, -0.15) is 4.72 Å². The Bertz CT molecular complexity index is 946. The van der Waals surface area contributed by atoms with Gasteiger partial charge in [-0.05, 0) is 55.7 Å². The molecule has 6 N–H and O–H groups in total. The lowest BCUT2D eigenvalue weighted by molar-refractivity contribution is -0.130. The van der Waals surface area contributed by atoms with Crippen LogP contribution in [0.1, 0.15) is 27.2 Å². The van der Waals surface area contributed by atoms with Crippen molar-refractivity contribution in [3.63, 3.8) is 0 Å². The van der Waals surface area contributed by atoms with Gasteiger partial charge in [0.2, 0.25) is 10.0 Å². The number of nitrogens with one attached hydrogen (secondary N) is 1. The van der Waals surface area contributed by atoms with Crippen molar-refractivity contribution in [3.8, 4) is 11.5 Å². The van der Waals surface area contributed by atoms with E-state index in [1.165, 1.54) is 31.2 Å². The number of hydrogen-bond donors (Lipinski definition) is 4. The highest BCUT2D eigenvalue weighted by Gasteiger charge is 2.45. The van der Waals surface area contributed by atoms with Gasteiger partial charge in [0.25, 0.3) is 0 Å². The third-order valence-electron chi connectivity index (χ3n) is 4.54. The maximum Gasteiger partial charge on any atom is 0.242 e. The van der Waals surface area contributed by atoms with Gasteiger partial charge in [-0.25, -0.2) is 8.42 Å². The lowest BCUT2D eigenvalue weighted by atomic mass is 9.91. The molecular weight excluding hydrogens is 406 g/mol. The molecular formula is C21H29N3O5S. The summed E-state index contributed by atoms with van der Waals surface area (Å²) in [5.41, 5.74) is 9.67. The average molecular weight is 436 g/mol. The fourth-order valence-corrected chi connectivity index (χ4v) is 4.18. The SMILES string of the molecule is CC(C)C[C@H](N)C(=O)C(N)(NS(=O)(=O)c1ccc(Oc2ccccc2)cc1)C(C)O. The smallest absolute Gasteiger partial charge is 0.242 e. The minimum absolute atomic E-state index is 0.0935. The van der Waals surface area contributed by atoms with Gasteiger partial charge in [0.05, 0.1) is 17.0 Å². The van der Waals surface area contributed by atoms with E-state index in [4.69, 9.17) is 16.2 Å². The van der Waals surface area contributed by atoms with Gasteiger partial charge in [0, 0.05) is 0 Å². The Morgan fingerprint density at radius 1 is 1.07 bits per heavy atom. The van der Waals surface area contributed by atoms with E-state index >= 15 is 0 Å². The molecule has 0 fully saturated rings. The number of ether oxygens (including phenoxy) is 1. The van der Waals surface area contributed by atoms with E-state index in [2.05, 4.69) is 4.72 Å². The number of sulfonamides is 1. The van der Waals surface area contributed by atoms with Crippen molar-refractivity contribution in [2.24, 2.45) is 17.4 Å². The van der Waals surface area contributed by atoms with Crippen molar-refractivity contribution in [2.45, 2.75) is 49.9 Å². The zero-order chi connectivity index (χ0) is 22.5. The Kier molecular flexibility index (Phi) is 7.73. The first-order valence-corrected chi connectivity index (χ1v) is 11.1. The number of hydrogen-bond acceptors (Lipinski definition) is 7. The maximum absolute atomic E-state index is 12.8. The van der Waals surface area contributed by atoms with E-state index < -0.39 is 33.6 Å². The van der Waals surface area contributed by atoms with Crippen LogP contribution in [0.15, 0.2) is 59.5 Å². The van der Waals surface area contributed by atoms with Crippen molar-refractivity contribution in [3.05, 3.63) is 54.6 Å². The van der Waals surface area contributed by atoms with Crippen molar-refractivity contribution < 1.29 is 23.1 Å². The molecule has 2 unspecified atom stereocenters. The van der Waals surface area contributed by atoms with Crippen LogP contribution in [-0.2, 0) is 14.8 Å². The highest BCUT2D eigenvalue weighted by Crippen LogP contribution is 2.23. The molecule has 0 aromatic heterocycles. The molecule has 9 heteroatoms. The van der Waals surface area contributed by atoms with Gasteiger partial charge < -0.3 is 21.3 Å². The molecule has 0 radical (unpaired) electrons. The molecule has 0 saturated carbocycles. The maximum atomic E-state index is 12.8. The zero-order valence-electron chi connectivity index (χ0n) is 17.3. The normalized spacial score (nSPS) is 16.0. The summed E-state index contributed by atoms with van der Waals surface area (Å²) in [6, 6.07) is 13.6. The monoisotopic (exact) mass is 435 g/mol. The second kappa shape index (κ2) is 9.67. The number of benzene rings is 2. The summed E-state index contributed by atoms with van der Waals surface area (Å²) in [4.78, 5) is 12.6. The van der Waals surface area contributed by atoms with E-state index in [9.17, 15) is 18.3 Å². The predicted molar refractivity (Wildman–Crippen MR) is 114 cm³/mol. The summed E-state index contributed by atoms with van der Waals surface area (Å²) in [6.45, 7) is 4.98. The number of rotatable bonds is 10. The van der Waals surface area contributed by atoms with Crippen molar-refractivity contribution >= 4 is 15.8 Å². The highest BCUT2D eigenvalue weighted by atomic mass is 32.2. The molecule has 0 spiro atoms. The van der Waals surface area contributed by atoms with Crippen LogP contribution in [0.2, 0.25) is 0 Å². The Hall–Kier alpha value is -2.30. The van der Waals surface area contributed by atoms with Crippen LogP contribution in [0.25, 0.3) is 0 Å². The molecule has 0 heterocycles. The molecule has 2 aromatic rings. The lowest BCUT2D eigenvalue weighted by Crippen LogP contribution is -2.70. The van der Waals surface area contributed by atoms with Crippen LogP contribution in [0.5, 0.6) is 11.5 Å². The molecule has 8 nitrogen and oxygen atoms in total. The van der Waals surface area contributed by atoms with Crippen LogP contribution >= 0.6 is 0 Å². The van der Waals surface area contributed by atoms with E-state index in [0.717, 1.165) is 0 Å². The number of para-hydroxylation sites is 1. The Morgan fingerprint density at radius 2 is 1.60 bits per heavy atom. The first-order chi connectivity index (χ1) is 14.0. The van der Waals surface area contributed by atoms with Gasteiger partial charge in [0.1, 0.15) is 11.5 Å². The molecule has 0 aliphatic carbocycles. The minimum atomic E-state index is -4.23. The number of nitrogens with two attached hydrogens (primary N) is 2. The van der Waals surface area contributed by atoms with Crippen molar-refractivity contribution in [1.29, 1.82) is 0 Å². The Labute approximate surface area is 177 Å². The van der Waals surface area contributed by atoms with Gasteiger partial charge >= 0.3 is 0 Å². The average Bonchev–Trinajstić information content (AvgIpc) is 2.67. The molecule has 30 heavy (non-hydrogen) atoms. The molecule has 2 aromatic carbocycles. The van der Waals surface area contributed by atoms with E-state index in [0.29, 0.717) is 17.9 Å². The van der Waals surface area contributed by atoms with Crippen LogP contribution in [-0.4, -0.2) is 37.1 Å². The van der Waals surface area contributed by atoms with Crippen LogP contribution in [0, 0.1) is 5.92 Å². The third-order valence-corrected chi connectivity index (χ3v) is 6.04. The molecule has 2 rings (SSSR count). The zero-order valence-corrected chi connectivity index (χ0v) is 18.1. The Balaban J connectivity index is 2.22. The second-order valence-electron chi connectivity index (χ2n) is 7.64. The van der Waals surface area contributed by atoms with E-state index in [1.54, 1.807) is 12.1 Å². The summed E-state index contributed by atoms with van der Waals surface area (Å²) in [7, 11) is -4.23.